The van der Waals surface area contributed by atoms with Crippen LogP contribution in [-0.4, -0.2) is 12.1 Å². The van der Waals surface area contributed by atoms with Crippen molar-refractivity contribution in [3.8, 4) is 0 Å². The van der Waals surface area contributed by atoms with E-state index < -0.39 is 34.4 Å². The first kappa shape index (κ1) is 12.4. The first-order valence-corrected chi connectivity index (χ1v) is 4.61. The number of hydrogen-bond acceptors (Lipinski definition) is 2. The van der Waals surface area contributed by atoms with Gasteiger partial charge in [0.1, 0.15) is 5.03 Å². The van der Waals surface area contributed by atoms with E-state index in [2.05, 4.69) is 0 Å². The fourth-order valence-electron chi connectivity index (χ4n) is 1.69. The molecule has 1 fully saturated rings. The zero-order chi connectivity index (χ0) is 12.0. The third kappa shape index (κ3) is 2.27. The topological polar surface area (TPSA) is 40.1 Å². The Balaban J connectivity index is 2.83. The molecule has 86 valence electrons. The van der Waals surface area contributed by atoms with E-state index in [4.69, 9.17) is 11.6 Å². The molecule has 1 saturated carbocycles. The SMILES string of the molecule is CC1(C)[C@H](/C=C(/Cl)C(F)(F)F)[C@@H]1C(=O)[O-]. The minimum Gasteiger partial charge on any atom is -0.550 e. The van der Waals surface area contributed by atoms with Crippen LogP contribution in [0.1, 0.15) is 13.8 Å². The Bertz CT molecular complexity index is 320. The van der Waals surface area contributed by atoms with Crippen LogP contribution in [0.4, 0.5) is 13.2 Å². The molecular weight excluding hydrogens is 233 g/mol. The smallest absolute Gasteiger partial charge is 0.426 e. The van der Waals surface area contributed by atoms with Crippen LogP contribution < -0.4 is 5.11 Å². The van der Waals surface area contributed by atoms with Crippen LogP contribution in [0.5, 0.6) is 0 Å². The lowest BCUT2D eigenvalue weighted by Gasteiger charge is -2.04. The van der Waals surface area contributed by atoms with Gasteiger partial charge in [-0.25, -0.2) is 0 Å². The number of alkyl halides is 3. The van der Waals surface area contributed by atoms with Crippen LogP contribution in [0, 0.1) is 17.3 Å². The summed E-state index contributed by atoms with van der Waals surface area (Å²) in [6, 6.07) is 0. The van der Waals surface area contributed by atoms with Crippen molar-refractivity contribution in [1.29, 1.82) is 0 Å². The van der Waals surface area contributed by atoms with Gasteiger partial charge in [-0.05, 0) is 11.3 Å². The van der Waals surface area contributed by atoms with E-state index in [0.29, 0.717) is 0 Å². The van der Waals surface area contributed by atoms with E-state index in [1.807, 2.05) is 0 Å². The van der Waals surface area contributed by atoms with Gasteiger partial charge in [0.25, 0.3) is 0 Å². The van der Waals surface area contributed by atoms with Crippen molar-refractivity contribution in [2.24, 2.45) is 17.3 Å². The van der Waals surface area contributed by atoms with Gasteiger partial charge in [-0.2, -0.15) is 13.2 Å². The van der Waals surface area contributed by atoms with E-state index in [-0.39, 0.29) is 0 Å². The zero-order valence-electron chi connectivity index (χ0n) is 8.06. The van der Waals surface area contributed by atoms with Crippen molar-refractivity contribution in [3.63, 3.8) is 0 Å². The van der Waals surface area contributed by atoms with Gasteiger partial charge in [-0.1, -0.05) is 31.5 Å². The van der Waals surface area contributed by atoms with Crippen molar-refractivity contribution < 1.29 is 23.1 Å². The third-order valence-corrected chi connectivity index (χ3v) is 3.10. The van der Waals surface area contributed by atoms with E-state index in [1.54, 1.807) is 13.8 Å². The van der Waals surface area contributed by atoms with E-state index in [9.17, 15) is 23.1 Å². The second-order valence-corrected chi connectivity index (χ2v) is 4.56. The lowest BCUT2D eigenvalue weighted by molar-refractivity contribution is -0.309. The van der Waals surface area contributed by atoms with Gasteiger partial charge in [0.05, 0.1) is 0 Å². The molecule has 0 aromatic heterocycles. The second kappa shape index (κ2) is 3.40. The third-order valence-electron chi connectivity index (χ3n) is 2.76. The van der Waals surface area contributed by atoms with Crippen LogP contribution >= 0.6 is 11.6 Å². The Morgan fingerprint density at radius 2 is 1.93 bits per heavy atom. The van der Waals surface area contributed by atoms with Gasteiger partial charge in [0.15, 0.2) is 0 Å². The first-order valence-electron chi connectivity index (χ1n) is 4.24. The molecule has 0 spiro atoms. The quantitative estimate of drug-likeness (QED) is 0.738. The average molecular weight is 242 g/mol. The van der Waals surface area contributed by atoms with Crippen LogP contribution in [0.15, 0.2) is 11.1 Å². The number of rotatable bonds is 2. The maximum absolute atomic E-state index is 12.1. The Kier molecular flexibility index (Phi) is 2.80. The molecule has 0 amide bonds. The highest BCUT2D eigenvalue weighted by molar-refractivity contribution is 6.30. The predicted octanol–water partition coefficient (Wildman–Crippen LogP) is 1.69. The Morgan fingerprint density at radius 3 is 2.20 bits per heavy atom. The summed E-state index contributed by atoms with van der Waals surface area (Å²) in [5.74, 6) is -2.95. The molecule has 15 heavy (non-hydrogen) atoms. The summed E-state index contributed by atoms with van der Waals surface area (Å²) in [7, 11) is 0. The summed E-state index contributed by atoms with van der Waals surface area (Å²) >= 11 is 5.01. The molecule has 0 heterocycles. The molecule has 0 aliphatic heterocycles. The van der Waals surface area contributed by atoms with Gasteiger partial charge in [-0.3, -0.25) is 0 Å². The molecule has 1 aliphatic rings. The number of carbonyl (C=O) groups is 1. The molecule has 0 unspecified atom stereocenters. The summed E-state index contributed by atoms with van der Waals surface area (Å²) in [6.07, 6.45) is -3.86. The Hall–Kier alpha value is -0.710. The van der Waals surface area contributed by atoms with E-state index in [1.165, 1.54) is 0 Å². The standard InChI is InChI=1S/C9H10ClF3O2/c1-8(2)4(6(8)7(14)15)3-5(10)9(11,12)13/h3-4,6H,1-2H3,(H,14,15)/p-1/b5-3+/t4-,6-/m1/s1. The number of aliphatic carboxylic acids is 1. The van der Waals surface area contributed by atoms with Gasteiger partial charge in [0, 0.05) is 11.9 Å². The van der Waals surface area contributed by atoms with Crippen LogP contribution in [0.25, 0.3) is 0 Å². The van der Waals surface area contributed by atoms with Crippen molar-refractivity contribution >= 4 is 17.6 Å². The molecule has 0 saturated heterocycles. The largest absolute Gasteiger partial charge is 0.550 e. The van der Waals surface area contributed by atoms with Crippen LogP contribution in [0.3, 0.4) is 0 Å². The molecule has 0 N–H and O–H groups in total. The minimum atomic E-state index is -4.61. The number of carboxylic acids is 1. The lowest BCUT2D eigenvalue weighted by atomic mass is 10.1. The predicted molar refractivity (Wildman–Crippen MR) is 45.8 cm³/mol. The molecule has 0 bridgehead atoms. The molecule has 2 nitrogen and oxygen atoms in total. The monoisotopic (exact) mass is 241 g/mol. The Labute approximate surface area is 89.7 Å². The number of hydrogen-bond donors (Lipinski definition) is 0. The van der Waals surface area contributed by atoms with Gasteiger partial charge < -0.3 is 9.90 Å². The van der Waals surface area contributed by atoms with Gasteiger partial charge in [0.2, 0.25) is 0 Å². The van der Waals surface area contributed by atoms with Crippen LogP contribution in [-0.2, 0) is 4.79 Å². The summed E-state index contributed by atoms with van der Waals surface area (Å²) in [4.78, 5) is 10.6. The fourth-order valence-corrected chi connectivity index (χ4v) is 1.83. The summed E-state index contributed by atoms with van der Waals surface area (Å²) in [5, 5.41) is 9.28. The maximum atomic E-state index is 12.1. The second-order valence-electron chi connectivity index (χ2n) is 4.16. The van der Waals surface area contributed by atoms with Crippen molar-refractivity contribution in [2.45, 2.75) is 20.0 Å². The summed E-state index contributed by atoms with van der Waals surface area (Å²) in [6.45, 7) is 3.13. The number of carboxylic acid groups (broad SMARTS) is 1. The lowest BCUT2D eigenvalue weighted by Crippen LogP contribution is -2.26. The van der Waals surface area contributed by atoms with Crippen molar-refractivity contribution in [3.05, 3.63) is 11.1 Å². The minimum absolute atomic E-state index is 0.711. The molecule has 0 aromatic rings. The summed E-state index contributed by atoms with van der Waals surface area (Å²) in [5.41, 5.74) is -0.718. The van der Waals surface area contributed by atoms with Crippen LogP contribution in [0.2, 0.25) is 0 Å². The summed E-state index contributed by atoms with van der Waals surface area (Å²) < 4.78 is 36.2. The molecule has 0 radical (unpaired) electrons. The number of carbonyl (C=O) groups excluding carboxylic acids is 1. The first-order chi connectivity index (χ1) is 6.58. The maximum Gasteiger partial charge on any atom is 0.426 e. The van der Waals surface area contributed by atoms with E-state index in [0.717, 1.165) is 6.08 Å². The highest BCUT2D eigenvalue weighted by atomic mass is 35.5. The zero-order valence-corrected chi connectivity index (χ0v) is 8.82. The molecule has 2 atom stereocenters. The number of allylic oxidation sites excluding steroid dienone is 2. The highest BCUT2D eigenvalue weighted by Gasteiger charge is 2.58. The van der Waals surface area contributed by atoms with E-state index >= 15 is 0 Å². The van der Waals surface area contributed by atoms with Crippen molar-refractivity contribution in [1.82, 2.24) is 0 Å². The molecule has 1 rings (SSSR count). The molecule has 1 aliphatic carbocycles. The van der Waals surface area contributed by atoms with Gasteiger partial charge in [-0.15, -0.1) is 0 Å². The Morgan fingerprint density at radius 1 is 1.47 bits per heavy atom. The van der Waals surface area contributed by atoms with Crippen molar-refractivity contribution in [2.75, 3.05) is 0 Å². The normalized spacial score (nSPS) is 30.1. The molecular formula is C9H9ClF3O2-. The fraction of sp³-hybridized carbons (Fsp3) is 0.667. The van der Waals surface area contributed by atoms with Gasteiger partial charge >= 0.3 is 6.18 Å². The number of halogens is 4. The highest BCUT2D eigenvalue weighted by Crippen LogP contribution is 2.59. The average Bonchev–Trinajstić information content (AvgIpc) is 2.50. The molecule has 6 heteroatoms. The molecule has 0 aromatic carbocycles.